The summed E-state index contributed by atoms with van der Waals surface area (Å²) in [5.41, 5.74) is 1.23. The number of piperazine rings is 1. The van der Waals surface area contributed by atoms with E-state index in [2.05, 4.69) is 51.7 Å². The van der Waals surface area contributed by atoms with Gasteiger partial charge in [-0.2, -0.15) is 0 Å². The molecule has 1 saturated heterocycles. The van der Waals surface area contributed by atoms with Crippen LogP contribution in [0.25, 0.3) is 0 Å². The van der Waals surface area contributed by atoms with Gasteiger partial charge in [0.15, 0.2) is 5.96 Å². The number of amides is 1. The minimum Gasteiger partial charge on any atom is -0.381 e. The zero-order valence-electron chi connectivity index (χ0n) is 18.4. The van der Waals surface area contributed by atoms with Crippen LogP contribution in [0.3, 0.4) is 0 Å². The highest BCUT2D eigenvalue weighted by molar-refractivity contribution is 14.0. The van der Waals surface area contributed by atoms with Crippen molar-refractivity contribution < 1.29 is 9.53 Å². The molecule has 1 aliphatic heterocycles. The third kappa shape index (κ3) is 9.97. The van der Waals surface area contributed by atoms with Crippen molar-refractivity contribution in [1.82, 2.24) is 15.5 Å². The molecule has 30 heavy (non-hydrogen) atoms. The number of nitrogens with one attached hydrogen (secondary N) is 2. The monoisotopic (exact) mass is 531 g/mol. The molecular weight excluding hydrogens is 493 g/mol. The summed E-state index contributed by atoms with van der Waals surface area (Å²) >= 11 is 0. The van der Waals surface area contributed by atoms with Gasteiger partial charge in [-0.25, -0.2) is 0 Å². The zero-order valence-corrected chi connectivity index (χ0v) is 20.8. The summed E-state index contributed by atoms with van der Waals surface area (Å²) in [6.07, 6.45) is 3.70. The van der Waals surface area contributed by atoms with Crippen LogP contribution in [0.2, 0.25) is 0 Å². The number of guanidine groups is 1. The molecule has 1 heterocycles. The minimum absolute atomic E-state index is 0. The summed E-state index contributed by atoms with van der Waals surface area (Å²) in [6.45, 7) is 8.47. The van der Waals surface area contributed by atoms with Gasteiger partial charge in [-0.05, 0) is 25.0 Å². The molecule has 0 saturated carbocycles. The van der Waals surface area contributed by atoms with Crippen LogP contribution >= 0.6 is 24.0 Å². The first-order valence-electron chi connectivity index (χ1n) is 10.8. The van der Waals surface area contributed by atoms with E-state index < -0.39 is 0 Å². The number of benzene rings is 1. The van der Waals surface area contributed by atoms with E-state index in [-0.39, 0.29) is 29.9 Å². The molecule has 1 fully saturated rings. The van der Waals surface area contributed by atoms with Crippen molar-refractivity contribution in [2.75, 3.05) is 64.4 Å². The number of ether oxygens (including phenoxy) is 1. The van der Waals surface area contributed by atoms with Crippen molar-refractivity contribution in [2.45, 2.75) is 32.6 Å². The fraction of sp³-hybridized carbons (Fsp3) is 0.636. The molecule has 7 nitrogen and oxygen atoms in total. The Balaban J connectivity index is 0.00000450. The molecule has 2 N–H and O–H groups in total. The smallest absolute Gasteiger partial charge is 0.224 e. The highest BCUT2D eigenvalue weighted by Crippen LogP contribution is 2.15. The van der Waals surface area contributed by atoms with Crippen LogP contribution in [-0.2, 0) is 9.53 Å². The first-order valence-corrected chi connectivity index (χ1v) is 10.8. The number of hydrogen-bond donors (Lipinski definition) is 2. The lowest BCUT2D eigenvalue weighted by Crippen LogP contribution is -2.49. The number of hydrogen-bond acceptors (Lipinski definition) is 4. The van der Waals surface area contributed by atoms with Crippen LogP contribution in [0.4, 0.5) is 5.69 Å². The van der Waals surface area contributed by atoms with Gasteiger partial charge in [0.2, 0.25) is 5.91 Å². The Morgan fingerprint density at radius 2 is 1.70 bits per heavy atom. The van der Waals surface area contributed by atoms with E-state index in [1.54, 1.807) is 7.05 Å². The summed E-state index contributed by atoms with van der Waals surface area (Å²) in [7, 11) is 1.75. The van der Waals surface area contributed by atoms with Crippen molar-refractivity contribution in [3.63, 3.8) is 0 Å². The van der Waals surface area contributed by atoms with E-state index in [1.165, 1.54) is 5.69 Å². The van der Waals surface area contributed by atoms with E-state index in [4.69, 9.17) is 4.74 Å². The van der Waals surface area contributed by atoms with Crippen molar-refractivity contribution in [3.8, 4) is 0 Å². The lowest BCUT2D eigenvalue weighted by molar-refractivity contribution is -0.131. The van der Waals surface area contributed by atoms with Crippen molar-refractivity contribution in [1.29, 1.82) is 0 Å². The third-order valence-corrected chi connectivity index (χ3v) is 5.01. The standard InChI is InChI=1S/C22H37N5O2.HI/c1-3-4-18-29-19-8-12-24-22(23-2)25-13-11-21(28)27-16-14-26(15-17-27)20-9-6-5-7-10-20;/h5-7,9-10H,3-4,8,11-19H2,1-2H3,(H2,23,24,25);1H. The molecule has 0 unspecified atom stereocenters. The van der Waals surface area contributed by atoms with Gasteiger partial charge in [-0.1, -0.05) is 31.5 Å². The maximum Gasteiger partial charge on any atom is 0.224 e. The predicted molar refractivity (Wildman–Crippen MR) is 135 cm³/mol. The largest absolute Gasteiger partial charge is 0.381 e. The molecule has 1 aliphatic rings. The summed E-state index contributed by atoms with van der Waals surface area (Å²) < 4.78 is 5.55. The Morgan fingerprint density at radius 3 is 2.37 bits per heavy atom. The average molecular weight is 531 g/mol. The van der Waals surface area contributed by atoms with Gasteiger partial charge in [0, 0.05) is 71.6 Å². The maximum absolute atomic E-state index is 12.5. The Bertz CT molecular complexity index is 607. The van der Waals surface area contributed by atoms with Gasteiger partial charge in [0.1, 0.15) is 0 Å². The van der Waals surface area contributed by atoms with E-state index in [1.807, 2.05) is 11.0 Å². The normalized spacial score (nSPS) is 14.3. The molecule has 1 aromatic carbocycles. The molecule has 170 valence electrons. The Hall–Kier alpha value is -1.55. The van der Waals surface area contributed by atoms with Crippen molar-refractivity contribution in [2.24, 2.45) is 4.99 Å². The number of rotatable bonds is 11. The van der Waals surface area contributed by atoms with E-state index in [0.717, 1.165) is 71.2 Å². The van der Waals surface area contributed by atoms with Crippen LogP contribution in [0.15, 0.2) is 35.3 Å². The van der Waals surface area contributed by atoms with Crippen LogP contribution in [0.1, 0.15) is 32.6 Å². The van der Waals surface area contributed by atoms with E-state index >= 15 is 0 Å². The average Bonchev–Trinajstić information content (AvgIpc) is 2.77. The molecular formula is C22H38IN5O2. The summed E-state index contributed by atoms with van der Waals surface area (Å²) in [4.78, 5) is 21.0. The van der Waals surface area contributed by atoms with Gasteiger partial charge in [0.05, 0.1) is 0 Å². The SMILES string of the molecule is CCCCOCCCNC(=NC)NCCC(=O)N1CCN(c2ccccc2)CC1.I. The number of aliphatic imine (C=N–C) groups is 1. The molecule has 0 atom stereocenters. The Labute approximate surface area is 198 Å². The summed E-state index contributed by atoms with van der Waals surface area (Å²) in [6, 6.07) is 10.4. The Kier molecular flexibility index (Phi) is 14.3. The molecule has 0 spiro atoms. The van der Waals surface area contributed by atoms with Gasteiger partial charge in [-0.15, -0.1) is 24.0 Å². The van der Waals surface area contributed by atoms with Crippen LogP contribution in [-0.4, -0.2) is 76.3 Å². The molecule has 1 amide bonds. The van der Waals surface area contributed by atoms with Gasteiger partial charge in [-0.3, -0.25) is 9.79 Å². The first-order chi connectivity index (χ1) is 14.2. The molecule has 1 aromatic rings. The van der Waals surface area contributed by atoms with Crippen LogP contribution in [0, 0.1) is 0 Å². The van der Waals surface area contributed by atoms with Gasteiger partial charge in [0.25, 0.3) is 0 Å². The summed E-state index contributed by atoms with van der Waals surface area (Å²) in [5, 5.41) is 6.49. The second kappa shape index (κ2) is 16.2. The number of carbonyl (C=O) groups excluding carboxylic acids is 1. The molecule has 0 aromatic heterocycles. The van der Waals surface area contributed by atoms with E-state index in [9.17, 15) is 4.79 Å². The third-order valence-electron chi connectivity index (χ3n) is 5.01. The Morgan fingerprint density at radius 1 is 1.03 bits per heavy atom. The number of unbranched alkanes of at least 4 members (excludes halogenated alkanes) is 1. The molecule has 0 aliphatic carbocycles. The van der Waals surface area contributed by atoms with E-state index in [0.29, 0.717) is 13.0 Å². The topological polar surface area (TPSA) is 69.2 Å². The number of carbonyl (C=O) groups is 1. The first kappa shape index (κ1) is 26.5. The van der Waals surface area contributed by atoms with Crippen molar-refractivity contribution >= 4 is 41.5 Å². The lowest BCUT2D eigenvalue weighted by atomic mass is 10.2. The second-order valence-corrected chi connectivity index (χ2v) is 7.20. The second-order valence-electron chi connectivity index (χ2n) is 7.20. The summed E-state index contributed by atoms with van der Waals surface area (Å²) in [5.74, 6) is 0.935. The highest BCUT2D eigenvalue weighted by atomic mass is 127. The molecule has 0 radical (unpaired) electrons. The molecule has 2 rings (SSSR count). The predicted octanol–water partition coefficient (Wildman–Crippen LogP) is 2.72. The highest BCUT2D eigenvalue weighted by Gasteiger charge is 2.20. The molecule has 0 bridgehead atoms. The van der Waals surface area contributed by atoms with Gasteiger partial charge >= 0.3 is 0 Å². The van der Waals surface area contributed by atoms with Crippen LogP contribution in [0.5, 0.6) is 0 Å². The number of anilines is 1. The minimum atomic E-state index is 0. The number of halogens is 1. The fourth-order valence-electron chi connectivity index (χ4n) is 3.25. The maximum atomic E-state index is 12.5. The zero-order chi connectivity index (χ0) is 20.7. The quantitative estimate of drug-likeness (QED) is 0.199. The number of nitrogens with zero attached hydrogens (tertiary/aromatic N) is 3. The lowest BCUT2D eigenvalue weighted by Gasteiger charge is -2.36. The van der Waals surface area contributed by atoms with Crippen molar-refractivity contribution in [3.05, 3.63) is 30.3 Å². The van der Waals surface area contributed by atoms with Gasteiger partial charge < -0.3 is 25.2 Å². The number of para-hydroxylation sites is 1. The fourth-order valence-corrected chi connectivity index (χ4v) is 3.25. The molecule has 8 heteroatoms. The van der Waals surface area contributed by atoms with Crippen LogP contribution < -0.4 is 15.5 Å².